The van der Waals surface area contributed by atoms with Crippen molar-refractivity contribution >= 4 is 23.4 Å². The number of aryl methyl sites for hydroxylation is 1. The Morgan fingerprint density at radius 1 is 1.13 bits per heavy atom. The van der Waals surface area contributed by atoms with Gasteiger partial charge in [-0.25, -0.2) is 0 Å². The van der Waals surface area contributed by atoms with Crippen molar-refractivity contribution < 1.29 is 4.79 Å². The summed E-state index contributed by atoms with van der Waals surface area (Å²) < 4.78 is 0.169. The van der Waals surface area contributed by atoms with Crippen LogP contribution in [0.5, 0.6) is 0 Å². The van der Waals surface area contributed by atoms with E-state index in [2.05, 4.69) is 38.2 Å². The molecule has 0 aromatic heterocycles. The number of amides is 1. The second kappa shape index (κ2) is 7.20. The fourth-order valence-electron chi connectivity index (χ4n) is 2.18. The number of carbonyl (C=O) groups is 1. The summed E-state index contributed by atoms with van der Waals surface area (Å²) in [5, 5.41) is 2.97. The Kier molecular flexibility index (Phi) is 5.50. The molecule has 3 N–H and O–H groups in total. The second-order valence-electron chi connectivity index (χ2n) is 6.55. The van der Waals surface area contributed by atoms with Crippen molar-refractivity contribution in [3.05, 3.63) is 59.2 Å². The predicted octanol–water partition coefficient (Wildman–Crippen LogP) is 4.60. The van der Waals surface area contributed by atoms with Crippen molar-refractivity contribution in [2.45, 2.75) is 43.9 Å². The van der Waals surface area contributed by atoms with Crippen LogP contribution in [0.4, 0.5) is 5.69 Å². The molecule has 0 fully saturated rings. The van der Waals surface area contributed by atoms with Crippen LogP contribution in [0.1, 0.15) is 42.3 Å². The third kappa shape index (κ3) is 5.12. The molecular formula is C19H24N2OS. The van der Waals surface area contributed by atoms with Crippen LogP contribution in [-0.4, -0.2) is 10.7 Å². The molecule has 0 aliphatic rings. The summed E-state index contributed by atoms with van der Waals surface area (Å²) in [5.74, 6) is -0.104. The number of thioether (sulfide) groups is 1. The van der Waals surface area contributed by atoms with Crippen LogP contribution in [0.2, 0.25) is 0 Å². The lowest BCUT2D eigenvalue weighted by atomic mass is 10.1. The zero-order valence-electron chi connectivity index (χ0n) is 14.1. The van der Waals surface area contributed by atoms with Gasteiger partial charge in [0, 0.05) is 27.4 Å². The predicted molar refractivity (Wildman–Crippen MR) is 99.1 cm³/mol. The number of hydrogen-bond acceptors (Lipinski definition) is 3. The third-order valence-electron chi connectivity index (χ3n) is 3.32. The number of anilines is 1. The van der Waals surface area contributed by atoms with E-state index in [0.29, 0.717) is 12.1 Å². The van der Waals surface area contributed by atoms with Crippen molar-refractivity contribution in [1.82, 2.24) is 0 Å². The number of rotatable bonds is 4. The Balaban J connectivity index is 2.11. The molecule has 4 heteroatoms. The lowest BCUT2D eigenvalue weighted by molar-refractivity contribution is 0.102. The summed E-state index contributed by atoms with van der Waals surface area (Å²) in [7, 11) is 0. The molecule has 23 heavy (non-hydrogen) atoms. The Bertz CT molecular complexity index is 688. The van der Waals surface area contributed by atoms with Gasteiger partial charge < -0.3 is 11.1 Å². The molecule has 122 valence electrons. The molecule has 3 nitrogen and oxygen atoms in total. The van der Waals surface area contributed by atoms with Crippen molar-refractivity contribution in [2.24, 2.45) is 5.73 Å². The molecule has 0 saturated heterocycles. The van der Waals surface area contributed by atoms with Crippen molar-refractivity contribution in [1.29, 1.82) is 0 Å². The van der Waals surface area contributed by atoms with Crippen LogP contribution in [-0.2, 0) is 6.54 Å². The second-order valence-corrected chi connectivity index (χ2v) is 8.45. The molecule has 0 aliphatic carbocycles. The van der Waals surface area contributed by atoms with Crippen molar-refractivity contribution in [2.75, 3.05) is 5.32 Å². The summed E-state index contributed by atoms with van der Waals surface area (Å²) in [6.07, 6.45) is 0. The van der Waals surface area contributed by atoms with Gasteiger partial charge in [0.1, 0.15) is 0 Å². The first-order valence-corrected chi connectivity index (χ1v) is 8.50. The van der Waals surface area contributed by atoms with E-state index in [0.717, 1.165) is 16.8 Å². The Morgan fingerprint density at radius 3 is 2.30 bits per heavy atom. The monoisotopic (exact) mass is 328 g/mol. The summed E-state index contributed by atoms with van der Waals surface area (Å²) in [5.41, 5.74) is 9.13. The molecule has 2 aromatic rings. The first kappa shape index (κ1) is 17.6. The van der Waals surface area contributed by atoms with E-state index in [9.17, 15) is 4.79 Å². The van der Waals surface area contributed by atoms with Crippen LogP contribution in [0.15, 0.2) is 47.4 Å². The van der Waals surface area contributed by atoms with E-state index >= 15 is 0 Å². The van der Waals surface area contributed by atoms with Gasteiger partial charge in [-0.3, -0.25) is 4.79 Å². The van der Waals surface area contributed by atoms with Crippen LogP contribution in [0, 0.1) is 6.92 Å². The number of benzene rings is 2. The van der Waals surface area contributed by atoms with E-state index < -0.39 is 0 Å². The molecule has 0 bridgehead atoms. The molecule has 0 aliphatic heterocycles. The maximum Gasteiger partial charge on any atom is 0.255 e. The molecule has 0 unspecified atom stereocenters. The third-order valence-corrected chi connectivity index (χ3v) is 4.42. The largest absolute Gasteiger partial charge is 0.326 e. The molecule has 0 spiro atoms. The molecule has 0 radical (unpaired) electrons. The average Bonchev–Trinajstić information content (AvgIpc) is 2.48. The van der Waals surface area contributed by atoms with Crippen molar-refractivity contribution in [3.63, 3.8) is 0 Å². The van der Waals surface area contributed by atoms with E-state index in [-0.39, 0.29) is 10.7 Å². The highest BCUT2D eigenvalue weighted by Gasteiger charge is 2.13. The number of nitrogens with one attached hydrogen (secondary N) is 1. The fraction of sp³-hybridized carbons (Fsp3) is 0.316. The van der Waals surface area contributed by atoms with Gasteiger partial charge in [0.25, 0.3) is 5.91 Å². The maximum atomic E-state index is 12.3. The summed E-state index contributed by atoms with van der Waals surface area (Å²) in [6.45, 7) is 9.06. The first-order chi connectivity index (χ1) is 10.8. The zero-order chi connectivity index (χ0) is 17.0. The normalized spacial score (nSPS) is 11.3. The van der Waals surface area contributed by atoms with Gasteiger partial charge in [-0.1, -0.05) is 32.9 Å². The van der Waals surface area contributed by atoms with Gasteiger partial charge in [-0.05, 0) is 48.4 Å². The number of hydrogen-bond donors (Lipinski definition) is 2. The van der Waals surface area contributed by atoms with E-state index in [1.54, 1.807) is 12.1 Å². The minimum atomic E-state index is -0.104. The van der Waals surface area contributed by atoms with Gasteiger partial charge in [0.15, 0.2) is 0 Å². The van der Waals surface area contributed by atoms with Gasteiger partial charge in [-0.15, -0.1) is 11.8 Å². The minimum absolute atomic E-state index is 0.104. The first-order valence-electron chi connectivity index (χ1n) is 7.68. The molecule has 0 saturated carbocycles. The quantitative estimate of drug-likeness (QED) is 0.807. The SMILES string of the molecule is Cc1cc(SC(C)(C)C)ccc1NC(=O)c1ccc(CN)cc1. The zero-order valence-corrected chi connectivity index (χ0v) is 15.0. The Labute approximate surface area is 142 Å². The molecule has 2 rings (SSSR count). The van der Waals surface area contributed by atoms with Crippen LogP contribution in [0.25, 0.3) is 0 Å². The van der Waals surface area contributed by atoms with Crippen LogP contribution < -0.4 is 11.1 Å². The highest BCUT2D eigenvalue weighted by molar-refractivity contribution is 8.00. The molecular weight excluding hydrogens is 304 g/mol. The maximum absolute atomic E-state index is 12.3. The average molecular weight is 328 g/mol. The summed E-state index contributed by atoms with van der Waals surface area (Å²) in [6, 6.07) is 13.5. The van der Waals surface area contributed by atoms with E-state index in [1.807, 2.05) is 36.9 Å². The van der Waals surface area contributed by atoms with Crippen LogP contribution in [0.3, 0.4) is 0 Å². The molecule has 1 amide bonds. The number of carbonyl (C=O) groups excluding carboxylic acids is 1. The van der Waals surface area contributed by atoms with Gasteiger partial charge in [-0.2, -0.15) is 0 Å². The highest BCUT2D eigenvalue weighted by Crippen LogP contribution is 2.33. The standard InChI is InChI=1S/C19H24N2OS/c1-13-11-16(23-19(2,3)4)9-10-17(13)21-18(22)15-7-5-14(12-20)6-8-15/h5-11H,12,20H2,1-4H3,(H,21,22). The van der Waals surface area contributed by atoms with Crippen molar-refractivity contribution in [3.8, 4) is 0 Å². The molecule has 2 aromatic carbocycles. The lowest BCUT2D eigenvalue weighted by Gasteiger charge is -2.18. The Morgan fingerprint density at radius 2 is 1.78 bits per heavy atom. The minimum Gasteiger partial charge on any atom is -0.326 e. The Hall–Kier alpha value is -1.78. The van der Waals surface area contributed by atoms with Gasteiger partial charge in [0.2, 0.25) is 0 Å². The van der Waals surface area contributed by atoms with Crippen LogP contribution >= 0.6 is 11.8 Å². The summed E-state index contributed by atoms with van der Waals surface area (Å²) >= 11 is 1.82. The van der Waals surface area contributed by atoms with E-state index in [1.165, 1.54) is 4.90 Å². The molecule has 0 heterocycles. The van der Waals surface area contributed by atoms with Gasteiger partial charge >= 0.3 is 0 Å². The lowest BCUT2D eigenvalue weighted by Crippen LogP contribution is -2.13. The highest BCUT2D eigenvalue weighted by atomic mass is 32.2. The number of nitrogens with two attached hydrogens (primary N) is 1. The topological polar surface area (TPSA) is 55.1 Å². The smallest absolute Gasteiger partial charge is 0.255 e. The van der Waals surface area contributed by atoms with E-state index in [4.69, 9.17) is 5.73 Å². The molecule has 0 atom stereocenters. The van der Waals surface area contributed by atoms with Gasteiger partial charge in [0.05, 0.1) is 0 Å². The summed E-state index contributed by atoms with van der Waals surface area (Å²) in [4.78, 5) is 13.5. The fourth-order valence-corrected chi connectivity index (χ4v) is 3.26.